The van der Waals surface area contributed by atoms with Crippen LogP contribution in [0.15, 0.2) is 97.2 Å². The summed E-state index contributed by atoms with van der Waals surface area (Å²) in [5, 5.41) is 0. The van der Waals surface area contributed by atoms with E-state index in [1.54, 1.807) is 0 Å². The quantitative estimate of drug-likeness (QED) is 0.0262. The molecule has 1 unspecified atom stereocenters. The number of rotatable bonds is 46. The molecule has 0 aromatic rings. The molecule has 364 valence electrons. The Hall–Kier alpha value is -3.67. The van der Waals surface area contributed by atoms with Crippen molar-refractivity contribution in [3.63, 3.8) is 0 Å². The number of hydrogen-bond acceptors (Lipinski definition) is 6. The predicted molar refractivity (Wildman–Crippen MR) is 274 cm³/mol. The van der Waals surface area contributed by atoms with E-state index in [1.165, 1.54) is 83.5 Å². The molecule has 0 N–H and O–H groups in total. The minimum atomic E-state index is -0.811. The Balaban J connectivity index is 4.46. The molecule has 1 atom stereocenters. The zero-order valence-electron chi connectivity index (χ0n) is 41.5. The van der Waals surface area contributed by atoms with E-state index < -0.39 is 6.10 Å². The topological polar surface area (TPSA) is 78.9 Å². The van der Waals surface area contributed by atoms with E-state index in [9.17, 15) is 14.4 Å². The fourth-order valence-electron chi connectivity index (χ4n) is 6.90. The van der Waals surface area contributed by atoms with Crippen molar-refractivity contribution in [2.45, 2.75) is 239 Å². The Kier molecular flexibility index (Phi) is 49.0. The number of esters is 3. The fourth-order valence-corrected chi connectivity index (χ4v) is 6.90. The van der Waals surface area contributed by atoms with Gasteiger partial charge in [0.1, 0.15) is 13.2 Å². The summed E-state index contributed by atoms with van der Waals surface area (Å²) in [6, 6.07) is 0. The van der Waals surface area contributed by atoms with Crippen molar-refractivity contribution in [2.24, 2.45) is 0 Å². The van der Waals surface area contributed by atoms with Gasteiger partial charge in [-0.2, -0.15) is 0 Å². The Morgan fingerprint density at radius 2 is 0.625 bits per heavy atom. The van der Waals surface area contributed by atoms with Gasteiger partial charge in [0.25, 0.3) is 0 Å². The molecule has 0 saturated carbocycles. The summed E-state index contributed by atoms with van der Waals surface area (Å²) in [4.78, 5) is 37.9. The Morgan fingerprint density at radius 1 is 0.328 bits per heavy atom. The van der Waals surface area contributed by atoms with E-state index in [4.69, 9.17) is 14.2 Å². The van der Waals surface area contributed by atoms with Crippen molar-refractivity contribution in [1.82, 2.24) is 0 Å². The second-order valence-electron chi connectivity index (χ2n) is 17.1. The lowest BCUT2D eigenvalue weighted by Gasteiger charge is -2.18. The first-order chi connectivity index (χ1) is 31.5. The first kappa shape index (κ1) is 60.3. The maximum atomic E-state index is 12.8. The van der Waals surface area contributed by atoms with E-state index in [1.807, 2.05) is 0 Å². The van der Waals surface area contributed by atoms with Crippen LogP contribution >= 0.6 is 0 Å². The molecule has 0 spiro atoms. The number of hydrogen-bond donors (Lipinski definition) is 0. The van der Waals surface area contributed by atoms with Crippen LogP contribution in [-0.2, 0) is 28.6 Å². The summed E-state index contributed by atoms with van der Waals surface area (Å²) in [7, 11) is 0. The van der Waals surface area contributed by atoms with Crippen molar-refractivity contribution in [3.05, 3.63) is 97.2 Å². The summed E-state index contributed by atoms with van der Waals surface area (Å²) >= 11 is 0. The zero-order valence-corrected chi connectivity index (χ0v) is 41.5. The number of carbonyl (C=O) groups is 3. The van der Waals surface area contributed by atoms with Gasteiger partial charge in [-0.3, -0.25) is 14.4 Å². The van der Waals surface area contributed by atoms with Gasteiger partial charge in [0.15, 0.2) is 6.10 Å². The van der Waals surface area contributed by atoms with Crippen LogP contribution in [0.25, 0.3) is 0 Å². The highest BCUT2D eigenvalue weighted by Crippen LogP contribution is 2.13. The average molecular weight is 889 g/mol. The third-order valence-corrected chi connectivity index (χ3v) is 10.8. The molecule has 6 nitrogen and oxygen atoms in total. The molecule has 0 aliphatic carbocycles. The second kappa shape index (κ2) is 52.0. The Labute approximate surface area is 394 Å². The molecular formula is C58H96O6. The Bertz CT molecular complexity index is 1300. The summed E-state index contributed by atoms with van der Waals surface area (Å²) in [6.45, 7) is 6.42. The van der Waals surface area contributed by atoms with Crippen molar-refractivity contribution in [1.29, 1.82) is 0 Å². The summed E-state index contributed by atoms with van der Waals surface area (Å²) in [5.74, 6) is -0.980. The first-order valence-electron chi connectivity index (χ1n) is 26.2. The average Bonchev–Trinajstić information content (AvgIpc) is 3.29. The van der Waals surface area contributed by atoms with Crippen LogP contribution in [-0.4, -0.2) is 37.2 Å². The van der Waals surface area contributed by atoms with Gasteiger partial charge >= 0.3 is 17.9 Å². The van der Waals surface area contributed by atoms with Crippen LogP contribution < -0.4 is 0 Å². The number of allylic oxidation sites excluding steroid dienone is 16. The monoisotopic (exact) mass is 889 g/mol. The lowest BCUT2D eigenvalue weighted by Crippen LogP contribution is -2.30. The van der Waals surface area contributed by atoms with Crippen LogP contribution in [0.3, 0.4) is 0 Å². The molecule has 0 amide bonds. The van der Waals surface area contributed by atoms with Gasteiger partial charge < -0.3 is 14.2 Å². The minimum absolute atomic E-state index is 0.104. The SMILES string of the molecule is CC/C=C\C/C=C\C/C=C\C/C=C\C/C=C\CCCC(=O)OC(COC(=O)CCCCCCCC/C=C\C/C=C\C/C=C\CCCCC)COC(=O)CCCCCCCCCCCC. The van der Waals surface area contributed by atoms with Gasteiger partial charge in [-0.25, -0.2) is 0 Å². The highest BCUT2D eigenvalue weighted by Gasteiger charge is 2.19. The maximum Gasteiger partial charge on any atom is 0.306 e. The van der Waals surface area contributed by atoms with Gasteiger partial charge in [0.2, 0.25) is 0 Å². The minimum Gasteiger partial charge on any atom is -0.462 e. The third kappa shape index (κ3) is 49.3. The molecule has 0 fully saturated rings. The molecule has 0 aromatic carbocycles. The number of carbonyl (C=O) groups excluding carboxylic acids is 3. The fraction of sp³-hybridized carbons (Fsp3) is 0.672. The lowest BCUT2D eigenvalue weighted by atomic mass is 10.1. The maximum absolute atomic E-state index is 12.8. The van der Waals surface area contributed by atoms with Crippen LogP contribution in [0.5, 0.6) is 0 Å². The van der Waals surface area contributed by atoms with E-state index in [-0.39, 0.29) is 37.5 Å². The van der Waals surface area contributed by atoms with Gasteiger partial charge in [-0.15, -0.1) is 0 Å². The second-order valence-corrected chi connectivity index (χ2v) is 17.1. The van der Waals surface area contributed by atoms with Crippen LogP contribution in [0.1, 0.15) is 233 Å². The third-order valence-electron chi connectivity index (χ3n) is 10.8. The van der Waals surface area contributed by atoms with Gasteiger partial charge in [0, 0.05) is 19.3 Å². The highest BCUT2D eigenvalue weighted by atomic mass is 16.6. The first-order valence-corrected chi connectivity index (χ1v) is 26.2. The standard InChI is InChI=1S/C58H96O6/c1-4-7-10-13-16-19-22-24-26-28-29-31-32-34-36-39-42-45-48-51-57(60)63-54-55(53-62-56(59)50-47-44-41-38-21-18-15-12-9-6-3)64-58(61)52-49-46-43-40-37-35-33-30-27-25-23-20-17-14-11-8-5-2/h8,11,16-17,19-20,24-27,29,31,33,35,40,43,55H,4-7,9-10,12-15,18,21-23,28,30,32,34,36-39,41-42,44-54H2,1-3H3/b11-8-,19-16-,20-17-,26-24-,27-25-,31-29-,35-33-,43-40-. The molecule has 6 heteroatoms. The van der Waals surface area contributed by atoms with Crippen LogP contribution in [0.2, 0.25) is 0 Å². The molecule has 0 bridgehead atoms. The van der Waals surface area contributed by atoms with Crippen molar-refractivity contribution < 1.29 is 28.6 Å². The largest absolute Gasteiger partial charge is 0.462 e. The van der Waals surface area contributed by atoms with E-state index in [0.29, 0.717) is 19.3 Å². The molecule has 0 saturated heterocycles. The summed E-state index contributed by atoms with van der Waals surface area (Å²) in [5.41, 5.74) is 0. The van der Waals surface area contributed by atoms with E-state index in [2.05, 4.69) is 118 Å². The molecular weight excluding hydrogens is 793 g/mol. The van der Waals surface area contributed by atoms with E-state index in [0.717, 1.165) is 103 Å². The van der Waals surface area contributed by atoms with Gasteiger partial charge in [-0.1, -0.05) is 214 Å². The van der Waals surface area contributed by atoms with Gasteiger partial charge in [0.05, 0.1) is 0 Å². The predicted octanol–water partition coefficient (Wildman–Crippen LogP) is 17.4. The van der Waals surface area contributed by atoms with Crippen molar-refractivity contribution in [2.75, 3.05) is 13.2 Å². The smallest absolute Gasteiger partial charge is 0.306 e. The van der Waals surface area contributed by atoms with Crippen molar-refractivity contribution in [3.8, 4) is 0 Å². The molecule has 0 aliphatic rings. The number of unbranched alkanes of at least 4 members (excludes halogenated alkanes) is 19. The normalized spacial score (nSPS) is 12.9. The molecule has 64 heavy (non-hydrogen) atoms. The van der Waals surface area contributed by atoms with Crippen molar-refractivity contribution >= 4 is 17.9 Å². The van der Waals surface area contributed by atoms with Crippen LogP contribution in [0.4, 0.5) is 0 Å². The molecule has 0 radical (unpaired) electrons. The zero-order chi connectivity index (χ0) is 46.5. The molecule has 0 aromatic heterocycles. The Morgan fingerprint density at radius 3 is 1.03 bits per heavy atom. The highest BCUT2D eigenvalue weighted by molar-refractivity contribution is 5.71. The molecule has 0 heterocycles. The molecule has 0 aliphatic heterocycles. The van der Waals surface area contributed by atoms with Gasteiger partial charge in [-0.05, 0) is 96.3 Å². The summed E-state index contributed by atoms with van der Waals surface area (Å²) < 4.78 is 16.7. The van der Waals surface area contributed by atoms with Crippen LogP contribution in [0, 0.1) is 0 Å². The number of ether oxygens (including phenoxy) is 3. The summed E-state index contributed by atoms with van der Waals surface area (Å²) in [6.07, 6.45) is 68.2. The van der Waals surface area contributed by atoms with E-state index >= 15 is 0 Å². The lowest BCUT2D eigenvalue weighted by molar-refractivity contribution is -0.167. The molecule has 0 rings (SSSR count).